The van der Waals surface area contributed by atoms with E-state index in [4.69, 9.17) is 5.73 Å². The highest BCUT2D eigenvalue weighted by molar-refractivity contribution is 8.03. The van der Waals surface area contributed by atoms with Crippen LogP contribution in [0, 0.1) is 5.82 Å². The van der Waals surface area contributed by atoms with Crippen molar-refractivity contribution in [2.75, 3.05) is 5.32 Å². The van der Waals surface area contributed by atoms with Gasteiger partial charge in [0.2, 0.25) is 5.91 Å². The first-order valence-electron chi connectivity index (χ1n) is 9.54. The third-order valence-corrected chi connectivity index (χ3v) is 6.42. The maximum absolute atomic E-state index is 14.8. The standard InChI is InChI=1S/C21H23FN4O2S/c1-21(2,28)12-5-6-13(15(22)9-12)16-10-14(18(23)27)20(29-16)26-17-7-8-24-19(25-17)11-3-4-11/h5-9,11,16,28H,3-4,10H2,1-2H3,(H2,23,27)(H,24,25,26). The van der Waals surface area contributed by atoms with Crippen LogP contribution in [0.25, 0.3) is 0 Å². The van der Waals surface area contributed by atoms with Crippen molar-refractivity contribution in [3.05, 3.63) is 63.8 Å². The quantitative estimate of drug-likeness (QED) is 0.666. The molecule has 2 heterocycles. The number of carbonyl (C=O) groups is 1. The maximum Gasteiger partial charge on any atom is 0.247 e. The van der Waals surface area contributed by atoms with Crippen LogP contribution in [-0.2, 0) is 10.4 Å². The highest BCUT2D eigenvalue weighted by atomic mass is 32.2. The van der Waals surface area contributed by atoms with E-state index in [9.17, 15) is 14.3 Å². The molecule has 4 N–H and O–H groups in total. The molecule has 1 aromatic heterocycles. The molecule has 0 radical (unpaired) electrons. The molecule has 1 amide bonds. The lowest BCUT2D eigenvalue weighted by Crippen LogP contribution is -2.16. The number of rotatable bonds is 6. The first-order valence-corrected chi connectivity index (χ1v) is 10.4. The van der Waals surface area contributed by atoms with Crippen molar-refractivity contribution in [1.29, 1.82) is 0 Å². The number of amides is 1. The van der Waals surface area contributed by atoms with Crippen molar-refractivity contribution in [2.24, 2.45) is 5.73 Å². The minimum Gasteiger partial charge on any atom is -0.386 e. The lowest BCUT2D eigenvalue weighted by Gasteiger charge is -2.20. The molecule has 0 bridgehead atoms. The summed E-state index contributed by atoms with van der Waals surface area (Å²) < 4.78 is 14.8. The lowest BCUT2D eigenvalue weighted by molar-refractivity contribution is -0.114. The van der Waals surface area contributed by atoms with E-state index < -0.39 is 17.3 Å². The van der Waals surface area contributed by atoms with Crippen LogP contribution in [0.1, 0.15) is 61.2 Å². The number of carbonyl (C=O) groups excluding carboxylic acids is 1. The Hall–Kier alpha value is -2.45. The van der Waals surface area contributed by atoms with Crippen molar-refractivity contribution in [2.45, 2.75) is 49.9 Å². The van der Waals surface area contributed by atoms with Crippen LogP contribution in [0.5, 0.6) is 0 Å². The number of nitrogens with one attached hydrogen (secondary N) is 1. The van der Waals surface area contributed by atoms with Crippen molar-refractivity contribution in [3.63, 3.8) is 0 Å². The van der Waals surface area contributed by atoms with Crippen molar-refractivity contribution in [1.82, 2.24) is 9.97 Å². The topological polar surface area (TPSA) is 101 Å². The molecule has 1 aliphatic heterocycles. The van der Waals surface area contributed by atoms with Gasteiger partial charge in [0.15, 0.2) is 0 Å². The van der Waals surface area contributed by atoms with Gasteiger partial charge in [-0.3, -0.25) is 4.79 Å². The summed E-state index contributed by atoms with van der Waals surface area (Å²) in [5.41, 5.74) is 5.85. The molecule has 1 fully saturated rings. The summed E-state index contributed by atoms with van der Waals surface area (Å²) in [6, 6.07) is 6.46. The van der Waals surface area contributed by atoms with Gasteiger partial charge >= 0.3 is 0 Å². The Morgan fingerprint density at radius 3 is 2.72 bits per heavy atom. The fourth-order valence-corrected chi connectivity index (χ4v) is 4.63. The first kappa shape index (κ1) is 19.8. The van der Waals surface area contributed by atoms with Crippen LogP contribution in [0.15, 0.2) is 41.1 Å². The Kier molecular flexibility index (Phi) is 5.08. The van der Waals surface area contributed by atoms with Crippen molar-refractivity contribution in [3.8, 4) is 0 Å². The molecule has 0 spiro atoms. The molecule has 1 saturated carbocycles. The zero-order chi connectivity index (χ0) is 20.8. The van der Waals surface area contributed by atoms with E-state index in [-0.39, 0.29) is 5.25 Å². The predicted octanol–water partition coefficient (Wildman–Crippen LogP) is 3.71. The molecule has 152 valence electrons. The lowest BCUT2D eigenvalue weighted by atomic mass is 9.95. The van der Waals surface area contributed by atoms with E-state index in [0.717, 1.165) is 18.7 Å². The average molecular weight is 415 g/mol. The first-order chi connectivity index (χ1) is 13.7. The second-order valence-electron chi connectivity index (χ2n) is 7.98. The molecular weight excluding hydrogens is 391 g/mol. The summed E-state index contributed by atoms with van der Waals surface area (Å²) in [7, 11) is 0. The smallest absolute Gasteiger partial charge is 0.247 e. The molecule has 4 rings (SSSR count). The molecule has 1 atom stereocenters. The summed E-state index contributed by atoms with van der Waals surface area (Å²) in [6.07, 6.45) is 4.20. The fraction of sp³-hybridized carbons (Fsp3) is 0.381. The molecule has 2 aliphatic rings. The minimum atomic E-state index is -1.13. The Morgan fingerprint density at radius 1 is 1.34 bits per heavy atom. The van der Waals surface area contributed by atoms with Gasteiger partial charge in [0.25, 0.3) is 0 Å². The normalized spacial score (nSPS) is 19.5. The van der Waals surface area contributed by atoms with Gasteiger partial charge in [-0.1, -0.05) is 23.9 Å². The molecule has 0 saturated heterocycles. The molecule has 1 aromatic carbocycles. The van der Waals surface area contributed by atoms with Crippen LogP contribution in [0.3, 0.4) is 0 Å². The van der Waals surface area contributed by atoms with Gasteiger partial charge in [-0.25, -0.2) is 14.4 Å². The summed E-state index contributed by atoms with van der Waals surface area (Å²) >= 11 is 1.36. The molecule has 1 aliphatic carbocycles. The van der Waals surface area contributed by atoms with Crippen LogP contribution in [0.2, 0.25) is 0 Å². The molecule has 1 unspecified atom stereocenters. The number of hydrogen-bond acceptors (Lipinski definition) is 6. The zero-order valence-corrected chi connectivity index (χ0v) is 17.1. The van der Waals surface area contributed by atoms with E-state index in [2.05, 4.69) is 15.3 Å². The number of aromatic nitrogens is 2. The van der Waals surface area contributed by atoms with Crippen LogP contribution in [0.4, 0.5) is 10.2 Å². The highest BCUT2D eigenvalue weighted by Gasteiger charge is 2.32. The number of anilines is 1. The largest absolute Gasteiger partial charge is 0.386 e. The fourth-order valence-electron chi connectivity index (χ4n) is 3.29. The number of thioether (sulfide) groups is 1. The van der Waals surface area contributed by atoms with Gasteiger partial charge in [-0.2, -0.15) is 0 Å². The van der Waals surface area contributed by atoms with E-state index in [1.807, 2.05) is 0 Å². The molecular formula is C21H23FN4O2S. The van der Waals surface area contributed by atoms with Gasteiger partial charge in [0.1, 0.15) is 17.5 Å². The van der Waals surface area contributed by atoms with E-state index in [1.54, 1.807) is 38.2 Å². The monoisotopic (exact) mass is 414 g/mol. The zero-order valence-electron chi connectivity index (χ0n) is 16.3. The number of nitrogens with zero attached hydrogens (tertiary/aromatic N) is 2. The van der Waals surface area contributed by atoms with Gasteiger partial charge in [0, 0.05) is 28.5 Å². The summed E-state index contributed by atoms with van der Waals surface area (Å²) in [4.78, 5) is 20.8. The second kappa shape index (κ2) is 7.42. The average Bonchev–Trinajstić information content (AvgIpc) is 3.42. The number of nitrogens with two attached hydrogens (primary N) is 1. The van der Waals surface area contributed by atoms with E-state index >= 15 is 0 Å². The highest BCUT2D eigenvalue weighted by Crippen LogP contribution is 2.48. The molecule has 2 aromatic rings. The third-order valence-electron chi connectivity index (χ3n) is 5.13. The number of benzene rings is 1. The maximum atomic E-state index is 14.8. The number of primary amides is 1. The summed E-state index contributed by atoms with van der Waals surface area (Å²) in [5, 5.41) is 13.6. The minimum absolute atomic E-state index is 0.291. The SMILES string of the molecule is CC(C)(O)c1ccc(C2CC(C(N)=O)=C(Nc3ccnc(C4CC4)n3)S2)c(F)c1. The van der Waals surface area contributed by atoms with Crippen LogP contribution < -0.4 is 11.1 Å². The van der Waals surface area contributed by atoms with Crippen molar-refractivity contribution < 1.29 is 14.3 Å². The van der Waals surface area contributed by atoms with Crippen LogP contribution >= 0.6 is 11.8 Å². The Morgan fingerprint density at radius 2 is 2.10 bits per heavy atom. The summed E-state index contributed by atoms with van der Waals surface area (Å²) in [6.45, 7) is 3.22. The Balaban J connectivity index is 1.57. The van der Waals surface area contributed by atoms with Crippen molar-refractivity contribution >= 4 is 23.5 Å². The number of halogens is 1. The molecule has 29 heavy (non-hydrogen) atoms. The van der Waals surface area contributed by atoms with Gasteiger partial charge in [0.05, 0.1) is 10.6 Å². The van der Waals surface area contributed by atoms with Gasteiger partial charge in [-0.05, 0) is 50.8 Å². The van der Waals surface area contributed by atoms with Gasteiger partial charge in [-0.15, -0.1) is 0 Å². The Bertz CT molecular complexity index is 998. The van der Waals surface area contributed by atoms with Crippen LogP contribution in [-0.4, -0.2) is 21.0 Å². The predicted molar refractivity (Wildman–Crippen MR) is 110 cm³/mol. The molecule has 6 nitrogen and oxygen atoms in total. The molecule has 8 heteroatoms. The Labute approximate surface area is 172 Å². The number of hydrogen-bond donors (Lipinski definition) is 3. The van der Waals surface area contributed by atoms with Gasteiger partial charge < -0.3 is 16.2 Å². The number of aliphatic hydroxyl groups is 1. The second-order valence-corrected chi connectivity index (χ2v) is 9.19. The third kappa shape index (κ3) is 4.28. The van der Waals surface area contributed by atoms with E-state index in [0.29, 0.717) is 39.9 Å². The summed E-state index contributed by atoms with van der Waals surface area (Å²) in [5.74, 6) is 0.858. The van der Waals surface area contributed by atoms with E-state index in [1.165, 1.54) is 17.8 Å².